The first-order valence-electron chi connectivity index (χ1n) is 6.23. The molecule has 5 nitrogen and oxygen atoms in total. The number of nitrogens with one attached hydrogen (secondary N) is 1. The predicted octanol–water partition coefficient (Wildman–Crippen LogP) is 1.82. The van der Waals surface area contributed by atoms with Crippen LogP contribution < -0.4 is 11.1 Å². The topological polar surface area (TPSA) is 80.9 Å². The van der Waals surface area contributed by atoms with Crippen LogP contribution in [0.4, 0.5) is 5.82 Å². The van der Waals surface area contributed by atoms with E-state index in [0.29, 0.717) is 11.6 Å². The van der Waals surface area contributed by atoms with Gasteiger partial charge in [0, 0.05) is 17.2 Å². The van der Waals surface area contributed by atoms with E-state index in [0.717, 1.165) is 17.1 Å². The first kappa shape index (κ1) is 11.6. The predicted molar refractivity (Wildman–Crippen MR) is 72.6 cm³/mol. The maximum Gasteiger partial charge on any atom is 0.248 e. The summed E-state index contributed by atoms with van der Waals surface area (Å²) >= 11 is 0. The van der Waals surface area contributed by atoms with Gasteiger partial charge in [0.1, 0.15) is 5.82 Å². The zero-order valence-corrected chi connectivity index (χ0v) is 10.3. The molecule has 1 aliphatic rings. The number of benzene rings is 1. The lowest BCUT2D eigenvalue weighted by Crippen LogP contribution is -2.10. The Morgan fingerprint density at radius 3 is 2.37 bits per heavy atom. The van der Waals surface area contributed by atoms with E-state index < -0.39 is 5.91 Å². The number of carbonyl (C=O) groups excluding carboxylic acids is 1. The number of anilines is 1. The van der Waals surface area contributed by atoms with Gasteiger partial charge in [-0.05, 0) is 37.1 Å². The monoisotopic (exact) mass is 254 g/mol. The van der Waals surface area contributed by atoms with Crippen LogP contribution in [-0.4, -0.2) is 22.1 Å². The van der Waals surface area contributed by atoms with Crippen molar-refractivity contribution in [3.63, 3.8) is 0 Å². The molecule has 3 rings (SSSR count). The molecule has 1 saturated carbocycles. The lowest BCUT2D eigenvalue weighted by atomic mass is 10.1. The van der Waals surface area contributed by atoms with Gasteiger partial charge in [-0.3, -0.25) is 4.79 Å². The summed E-state index contributed by atoms with van der Waals surface area (Å²) in [5.74, 6) is 0.377. The molecule has 19 heavy (non-hydrogen) atoms. The molecule has 0 atom stereocenters. The molecule has 1 aliphatic carbocycles. The SMILES string of the molecule is NC(=O)c1ccc(-c2ccc(NC3CC3)nn2)cc1. The van der Waals surface area contributed by atoms with Crippen LogP contribution in [0.25, 0.3) is 11.3 Å². The Bertz CT molecular complexity index is 588. The summed E-state index contributed by atoms with van der Waals surface area (Å²) in [5.41, 5.74) is 7.38. The summed E-state index contributed by atoms with van der Waals surface area (Å²) in [4.78, 5) is 11.0. The number of nitrogens with zero attached hydrogens (tertiary/aromatic N) is 2. The number of aromatic nitrogens is 2. The van der Waals surface area contributed by atoms with Gasteiger partial charge in [-0.15, -0.1) is 10.2 Å². The molecule has 1 heterocycles. The number of hydrogen-bond donors (Lipinski definition) is 2. The number of carbonyl (C=O) groups is 1. The second-order valence-electron chi connectivity index (χ2n) is 4.66. The van der Waals surface area contributed by atoms with Crippen molar-refractivity contribution in [1.82, 2.24) is 10.2 Å². The van der Waals surface area contributed by atoms with Gasteiger partial charge in [0.2, 0.25) is 5.91 Å². The summed E-state index contributed by atoms with van der Waals surface area (Å²) in [5, 5.41) is 11.6. The molecule has 0 radical (unpaired) electrons. The Balaban J connectivity index is 1.78. The van der Waals surface area contributed by atoms with Crippen molar-refractivity contribution in [2.24, 2.45) is 5.73 Å². The highest BCUT2D eigenvalue weighted by molar-refractivity contribution is 5.93. The fourth-order valence-corrected chi connectivity index (χ4v) is 1.81. The third-order valence-corrected chi connectivity index (χ3v) is 3.06. The molecule has 1 fully saturated rings. The van der Waals surface area contributed by atoms with Crippen molar-refractivity contribution in [2.75, 3.05) is 5.32 Å². The lowest BCUT2D eigenvalue weighted by molar-refractivity contribution is 0.100. The summed E-state index contributed by atoms with van der Waals surface area (Å²) < 4.78 is 0. The minimum absolute atomic E-state index is 0.429. The molecular formula is C14H14N4O. The first-order valence-corrected chi connectivity index (χ1v) is 6.23. The fourth-order valence-electron chi connectivity index (χ4n) is 1.81. The largest absolute Gasteiger partial charge is 0.366 e. The van der Waals surface area contributed by atoms with Crippen LogP contribution in [0.1, 0.15) is 23.2 Å². The Morgan fingerprint density at radius 1 is 1.11 bits per heavy atom. The van der Waals surface area contributed by atoms with Gasteiger partial charge in [0.15, 0.2) is 0 Å². The summed E-state index contributed by atoms with van der Waals surface area (Å²) in [7, 11) is 0. The van der Waals surface area contributed by atoms with Gasteiger partial charge >= 0.3 is 0 Å². The zero-order chi connectivity index (χ0) is 13.2. The van der Waals surface area contributed by atoms with Gasteiger partial charge in [-0.25, -0.2) is 0 Å². The van der Waals surface area contributed by atoms with Gasteiger partial charge < -0.3 is 11.1 Å². The molecule has 0 bridgehead atoms. The van der Waals surface area contributed by atoms with Gasteiger partial charge in [0.05, 0.1) is 5.69 Å². The number of rotatable bonds is 4. The molecule has 2 aromatic rings. The van der Waals surface area contributed by atoms with Gasteiger partial charge in [-0.2, -0.15) is 0 Å². The fraction of sp³-hybridized carbons (Fsp3) is 0.214. The van der Waals surface area contributed by atoms with Crippen LogP contribution in [0.5, 0.6) is 0 Å². The van der Waals surface area contributed by atoms with Gasteiger partial charge in [-0.1, -0.05) is 12.1 Å². The number of hydrogen-bond acceptors (Lipinski definition) is 4. The highest BCUT2D eigenvalue weighted by atomic mass is 16.1. The Labute approximate surface area is 110 Å². The zero-order valence-electron chi connectivity index (χ0n) is 10.3. The number of nitrogens with two attached hydrogens (primary N) is 1. The Morgan fingerprint density at radius 2 is 1.84 bits per heavy atom. The minimum atomic E-state index is -0.429. The Kier molecular flexibility index (Phi) is 2.87. The van der Waals surface area contributed by atoms with Crippen molar-refractivity contribution in [3.05, 3.63) is 42.0 Å². The first-order chi connectivity index (χ1) is 9.22. The molecule has 96 valence electrons. The molecule has 0 saturated heterocycles. The molecule has 0 aliphatic heterocycles. The van der Waals surface area contributed by atoms with E-state index >= 15 is 0 Å². The third kappa shape index (κ3) is 2.70. The maximum atomic E-state index is 11.0. The molecule has 1 aromatic heterocycles. The summed E-state index contributed by atoms with van der Waals surface area (Å²) in [6.45, 7) is 0. The van der Waals surface area contributed by atoms with Crippen LogP contribution >= 0.6 is 0 Å². The molecule has 1 amide bonds. The van der Waals surface area contributed by atoms with E-state index in [-0.39, 0.29) is 0 Å². The smallest absolute Gasteiger partial charge is 0.248 e. The van der Waals surface area contributed by atoms with E-state index in [9.17, 15) is 4.79 Å². The van der Waals surface area contributed by atoms with Crippen LogP contribution in [0.2, 0.25) is 0 Å². The highest BCUT2D eigenvalue weighted by Gasteiger charge is 2.21. The van der Waals surface area contributed by atoms with Crippen molar-refractivity contribution in [1.29, 1.82) is 0 Å². The highest BCUT2D eigenvalue weighted by Crippen LogP contribution is 2.24. The maximum absolute atomic E-state index is 11.0. The number of amides is 1. The van der Waals surface area contributed by atoms with Gasteiger partial charge in [0.25, 0.3) is 0 Å². The van der Waals surface area contributed by atoms with Crippen molar-refractivity contribution < 1.29 is 4.79 Å². The summed E-state index contributed by atoms with van der Waals surface area (Å²) in [6, 6.07) is 11.4. The normalized spacial score (nSPS) is 14.1. The van der Waals surface area contributed by atoms with E-state index in [1.165, 1.54) is 12.8 Å². The molecule has 5 heteroatoms. The molecule has 0 spiro atoms. The molecular weight excluding hydrogens is 240 g/mol. The van der Waals surface area contributed by atoms with E-state index in [1.54, 1.807) is 12.1 Å². The Hall–Kier alpha value is -2.43. The van der Waals surface area contributed by atoms with Crippen LogP contribution in [0, 0.1) is 0 Å². The quantitative estimate of drug-likeness (QED) is 0.872. The third-order valence-electron chi connectivity index (χ3n) is 3.06. The lowest BCUT2D eigenvalue weighted by Gasteiger charge is -2.04. The molecule has 0 unspecified atom stereocenters. The standard InChI is InChI=1S/C14H14N4O/c15-14(19)10-3-1-9(2-4-10)12-7-8-13(18-17-12)16-11-5-6-11/h1-4,7-8,11H,5-6H2,(H2,15,19)(H,16,18). The molecule has 3 N–H and O–H groups in total. The average molecular weight is 254 g/mol. The average Bonchev–Trinajstić information content (AvgIpc) is 3.24. The van der Waals surface area contributed by atoms with Crippen LogP contribution in [0.3, 0.4) is 0 Å². The molecule has 1 aromatic carbocycles. The van der Waals surface area contributed by atoms with E-state index in [2.05, 4.69) is 15.5 Å². The van der Waals surface area contributed by atoms with Crippen LogP contribution in [-0.2, 0) is 0 Å². The van der Waals surface area contributed by atoms with Crippen LogP contribution in [0.15, 0.2) is 36.4 Å². The van der Waals surface area contributed by atoms with Crippen molar-refractivity contribution in [3.8, 4) is 11.3 Å². The second kappa shape index (κ2) is 4.68. The van der Waals surface area contributed by atoms with Crippen molar-refractivity contribution in [2.45, 2.75) is 18.9 Å². The number of primary amides is 1. The van der Waals surface area contributed by atoms with Crippen molar-refractivity contribution >= 4 is 11.7 Å². The van der Waals surface area contributed by atoms with E-state index in [1.807, 2.05) is 24.3 Å². The second-order valence-corrected chi connectivity index (χ2v) is 4.66. The summed E-state index contributed by atoms with van der Waals surface area (Å²) in [6.07, 6.45) is 2.41. The van der Waals surface area contributed by atoms with E-state index in [4.69, 9.17) is 5.73 Å². The minimum Gasteiger partial charge on any atom is -0.366 e.